The van der Waals surface area contributed by atoms with Gasteiger partial charge in [0, 0.05) is 25.3 Å². The SMILES string of the molecule is CC[C@@H](N)c1cnc(N2CCc3ccccc3C2)cc1C. The van der Waals surface area contributed by atoms with E-state index in [4.69, 9.17) is 5.73 Å². The van der Waals surface area contributed by atoms with Crippen LogP contribution in [0.3, 0.4) is 0 Å². The zero-order valence-corrected chi connectivity index (χ0v) is 12.8. The number of rotatable bonds is 3. The number of pyridine rings is 1. The van der Waals surface area contributed by atoms with Crippen molar-refractivity contribution < 1.29 is 0 Å². The van der Waals surface area contributed by atoms with Crippen molar-refractivity contribution >= 4 is 5.82 Å². The summed E-state index contributed by atoms with van der Waals surface area (Å²) in [5, 5.41) is 0. The predicted octanol–water partition coefficient (Wildman–Crippen LogP) is 3.36. The van der Waals surface area contributed by atoms with Gasteiger partial charge in [0.25, 0.3) is 0 Å². The van der Waals surface area contributed by atoms with Crippen molar-refractivity contribution in [3.63, 3.8) is 0 Å². The Hall–Kier alpha value is -1.87. The molecular formula is C18H23N3. The molecule has 0 aliphatic carbocycles. The lowest BCUT2D eigenvalue weighted by atomic mass is 9.99. The molecule has 21 heavy (non-hydrogen) atoms. The standard InChI is InChI=1S/C18H23N3/c1-3-17(19)16-11-20-18(10-13(16)2)21-9-8-14-6-4-5-7-15(14)12-21/h4-7,10-11,17H,3,8-9,12,19H2,1-2H3/t17-/m1/s1. The lowest BCUT2D eigenvalue weighted by molar-refractivity contribution is 0.684. The van der Waals surface area contributed by atoms with Gasteiger partial charge in [-0.15, -0.1) is 0 Å². The Kier molecular flexibility index (Phi) is 3.93. The fourth-order valence-corrected chi connectivity index (χ4v) is 3.02. The molecule has 0 amide bonds. The van der Waals surface area contributed by atoms with Gasteiger partial charge in [-0.3, -0.25) is 0 Å². The minimum atomic E-state index is 0.0913. The second-order valence-electron chi connectivity index (χ2n) is 5.85. The number of aromatic nitrogens is 1. The van der Waals surface area contributed by atoms with E-state index in [2.05, 4.69) is 54.1 Å². The summed E-state index contributed by atoms with van der Waals surface area (Å²) in [5.41, 5.74) is 11.4. The number of nitrogens with two attached hydrogens (primary N) is 1. The quantitative estimate of drug-likeness (QED) is 0.938. The second kappa shape index (κ2) is 5.86. The van der Waals surface area contributed by atoms with Gasteiger partial charge in [-0.25, -0.2) is 4.98 Å². The molecule has 0 bridgehead atoms. The van der Waals surface area contributed by atoms with Crippen molar-refractivity contribution in [3.05, 3.63) is 58.8 Å². The highest BCUT2D eigenvalue weighted by molar-refractivity contribution is 5.47. The molecule has 2 heterocycles. The van der Waals surface area contributed by atoms with Crippen LogP contribution in [0.1, 0.15) is 41.6 Å². The van der Waals surface area contributed by atoms with Gasteiger partial charge in [-0.05, 0) is 48.1 Å². The third kappa shape index (κ3) is 2.79. The van der Waals surface area contributed by atoms with E-state index in [0.29, 0.717) is 0 Å². The Morgan fingerprint density at radius 2 is 2.05 bits per heavy atom. The zero-order valence-electron chi connectivity index (χ0n) is 12.8. The lowest BCUT2D eigenvalue weighted by Crippen LogP contribution is -2.31. The summed E-state index contributed by atoms with van der Waals surface area (Å²) >= 11 is 0. The van der Waals surface area contributed by atoms with Gasteiger partial charge in [-0.1, -0.05) is 31.2 Å². The molecule has 0 saturated carbocycles. The molecule has 0 saturated heterocycles. The van der Waals surface area contributed by atoms with E-state index >= 15 is 0 Å². The molecule has 1 aromatic heterocycles. The Morgan fingerprint density at radius 1 is 1.29 bits per heavy atom. The van der Waals surface area contributed by atoms with E-state index in [-0.39, 0.29) is 6.04 Å². The molecule has 2 N–H and O–H groups in total. The summed E-state index contributed by atoms with van der Waals surface area (Å²) in [6, 6.07) is 11.0. The molecule has 0 radical (unpaired) electrons. The predicted molar refractivity (Wildman–Crippen MR) is 87.4 cm³/mol. The van der Waals surface area contributed by atoms with Gasteiger partial charge < -0.3 is 10.6 Å². The first kappa shape index (κ1) is 14.1. The first-order valence-electron chi connectivity index (χ1n) is 7.73. The Labute approximate surface area is 126 Å². The molecule has 1 aliphatic rings. The van der Waals surface area contributed by atoms with Crippen LogP contribution < -0.4 is 10.6 Å². The van der Waals surface area contributed by atoms with Crippen LogP contribution in [0.25, 0.3) is 0 Å². The van der Waals surface area contributed by atoms with Crippen LogP contribution in [-0.2, 0) is 13.0 Å². The molecule has 3 nitrogen and oxygen atoms in total. The van der Waals surface area contributed by atoms with Crippen LogP contribution in [-0.4, -0.2) is 11.5 Å². The largest absolute Gasteiger partial charge is 0.352 e. The maximum atomic E-state index is 6.13. The molecule has 0 unspecified atom stereocenters. The Balaban J connectivity index is 1.84. The van der Waals surface area contributed by atoms with Crippen molar-refractivity contribution in [1.82, 2.24) is 4.98 Å². The molecule has 0 fully saturated rings. The number of aryl methyl sites for hydroxylation is 1. The van der Waals surface area contributed by atoms with Crippen molar-refractivity contribution in [2.24, 2.45) is 5.73 Å². The average Bonchev–Trinajstić information content (AvgIpc) is 2.53. The van der Waals surface area contributed by atoms with Crippen LogP contribution in [0.15, 0.2) is 36.5 Å². The van der Waals surface area contributed by atoms with Crippen molar-refractivity contribution in [2.45, 2.75) is 39.3 Å². The maximum absolute atomic E-state index is 6.13. The van der Waals surface area contributed by atoms with Gasteiger partial charge in [0.05, 0.1) is 0 Å². The molecule has 2 aromatic rings. The Bertz CT molecular complexity index is 636. The van der Waals surface area contributed by atoms with Crippen molar-refractivity contribution in [3.8, 4) is 0 Å². The summed E-state index contributed by atoms with van der Waals surface area (Å²) < 4.78 is 0. The van der Waals surface area contributed by atoms with Crippen LogP contribution in [0.2, 0.25) is 0 Å². The van der Waals surface area contributed by atoms with Crippen LogP contribution in [0, 0.1) is 6.92 Å². The van der Waals surface area contributed by atoms with E-state index < -0.39 is 0 Å². The number of hydrogen-bond acceptors (Lipinski definition) is 3. The van der Waals surface area contributed by atoms with Gasteiger partial charge in [0.2, 0.25) is 0 Å². The van der Waals surface area contributed by atoms with Crippen molar-refractivity contribution in [2.75, 3.05) is 11.4 Å². The summed E-state index contributed by atoms with van der Waals surface area (Å²) in [6.07, 6.45) is 3.99. The number of benzene rings is 1. The van der Waals surface area contributed by atoms with Crippen LogP contribution in [0.5, 0.6) is 0 Å². The number of fused-ring (bicyclic) bond motifs is 1. The summed E-state index contributed by atoms with van der Waals surface area (Å²) in [6.45, 7) is 6.22. The number of nitrogens with zero attached hydrogens (tertiary/aromatic N) is 2. The maximum Gasteiger partial charge on any atom is 0.129 e. The molecule has 3 heteroatoms. The van der Waals surface area contributed by atoms with Gasteiger partial charge in [-0.2, -0.15) is 0 Å². The molecule has 1 aromatic carbocycles. The van der Waals surface area contributed by atoms with Crippen molar-refractivity contribution in [1.29, 1.82) is 0 Å². The molecule has 1 aliphatic heterocycles. The molecular weight excluding hydrogens is 258 g/mol. The minimum absolute atomic E-state index is 0.0913. The van der Waals surface area contributed by atoms with E-state index in [1.807, 2.05) is 6.20 Å². The van der Waals surface area contributed by atoms with E-state index in [0.717, 1.165) is 31.7 Å². The smallest absolute Gasteiger partial charge is 0.129 e. The monoisotopic (exact) mass is 281 g/mol. The lowest BCUT2D eigenvalue weighted by Gasteiger charge is -2.30. The normalized spacial score (nSPS) is 15.7. The first-order chi connectivity index (χ1) is 10.2. The van der Waals surface area contributed by atoms with Gasteiger partial charge >= 0.3 is 0 Å². The zero-order chi connectivity index (χ0) is 14.8. The first-order valence-corrected chi connectivity index (χ1v) is 7.73. The minimum Gasteiger partial charge on any atom is -0.352 e. The Morgan fingerprint density at radius 3 is 2.76 bits per heavy atom. The van der Waals surface area contributed by atoms with E-state index in [9.17, 15) is 0 Å². The number of anilines is 1. The summed E-state index contributed by atoms with van der Waals surface area (Å²) in [4.78, 5) is 7.01. The van der Waals surface area contributed by atoms with E-state index in [1.165, 1.54) is 22.3 Å². The fraction of sp³-hybridized carbons (Fsp3) is 0.389. The molecule has 110 valence electrons. The molecule has 1 atom stereocenters. The fourth-order valence-electron chi connectivity index (χ4n) is 3.02. The highest BCUT2D eigenvalue weighted by Crippen LogP contribution is 2.26. The van der Waals surface area contributed by atoms with Gasteiger partial charge in [0.15, 0.2) is 0 Å². The second-order valence-corrected chi connectivity index (χ2v) is 5.85. The molecule has 3 rings (SSSR count). The van der Waals surface area contributed by atoms with Gasteiger partial charge in [0.1, 0.15) is 5.82 Å². The highest BCUT2D eigenvalue weighted by atomic mass is 15.2. The van der Waals surface area contributed by atoms with E-state index in [1.54, 1.807) is 0 Å². The highest BCUT2D eigenvalue weighted by Gasteiger charge is 2.18. The van der Waals surface area contributed by atoms with Crippen LogP contribution >= 0.6 is 0 Å². The van der Waals surface area contributed by atoms with Crippen LogP contribution in [0.4, 0.5) is 5.82 Å². The topological polar surface area (TPSA) is 42.1 Å². The summed E-state index contributed by atoms with van der Waals surface area (Å²) in [5.74, 6) is 1.06. The molecule has 0 spiro atoms. The summed E-state index contributed by atoms with van der Waals surface area (Å²) in [7, 11) is 0. The third-order valence-electron chi connectivity index (χ3n) is 4.43. The third-order valence-corrected chi connectivity index (χ3v) is 4.43. The average molecular weight is 281 g/mol. The number of hydrogen-bond donors (Lipinski definition) is 1.